The van der Waals surface area contributed by atoms with Crippen LogP contribution in [0.15, 0.2) is 11.6 Å². The molecule has 52 valence electrons. The molecule has 1 fully saturated rings. The third kappa shape index (κ3) is 2.16. The topological polar surface area (TPSA) is 24.1 Å². The Hall–Kier alpha value is -0.340. The summed E-state index contributed by atoms with van der Waals surface area (Å²) in [4.78, 5) is 0. The van der Waals surface area contributed by atoms with E-state index in [4.69, 9.17) is 0 Å². The van der Waals surface area contributed by atoms with Gasteiger partial charge in [0.05, 0.1) is 0 Å². The van der Waals surface area contributed by atoms with Crippen molar-refractivity contribution in [3.05, 3.63) is 11.6 Å². The highest BCUT2D eigenvalue weighted by Crippen LogP contribution is 2.03. The molecule has 1 rings (SSSR count). The molecular weight excluding hydrogens is 112 g/mol. The Morgan fingerprint density at radius 3 is 3.22 bits per heavy atom. The van der Waals surface area contributed by atoms with Gasteiger partial charge >= 0.3 is 0 Å². The summed E-state index contributed by atoms with van der Waals surface area (Å²) in [5.41, 5.74) is 1.55. The van der Waals surface area contributed by atoms with Crippen molar-refractivity contribution < 1.29 is 0 Å². The van der Waals surface area contributed by atoms with Crippen molar-refractivity contribution in [1.82, 2.24) is 10.6 Å². The average molecular weight is 126 g/mol. The van der Waals surface area contributed by atoms with Crippen LogP contribution >= 0.6 is 0 Å². The molecule has 0 aromatic heterocycles. The third-order valence-corrected chi connectivity index (χ3v) is 1.57. The maximum atomic E-state index is 3.29. The number of nitrogens with one attached hydrogen (secondary N) is 2. The Bertz CT molecular complexity index is 99.5. The first kappa shape index (κ1) is 6.78. The van der Waals surface area contributed by atoms with Gasteiger partial charge in [0, 0.05) is 13.1 Å². The van der Waals surface area contributed by atoms with Crippen molar-refractivity contribution in [2.45, 2.75) is 6.42 Å². The molecule has 2 nitrogen and oxygen atoms in total. The van der Waals surface area contributed by atoms with Crippen LogP contribution in [0.1, 0.15) is 6.42 Å². The van der Waals surface area contributed by atoms with E-state index in [0.717, 1.165) is 19.6 Å². The van der Waals surface area contributed by atoms with E-state index < -0.39 is 0 Å². The zero-order valence-electron chi connectivity index (χ0n) is 5.91. The molecule has 2 heteroatoms. The molecule has 0 saturated carbocycles. The average Bonchev–Trinajstić information content (AvgIpc) is 2.34. The Labute approximate surface area is 56.3 Å². The molecule has 1 aliphatic rings. The van der Waals surface area contributed by atoms with Crippen LogP contribution in [-0.2, 0) is 0 Å². The van der Waals surface area contributed by atoms with Crippen LogP contribution in [0.25, 0.3) is 0 Å². The van der Waals surface area contributed by atoms with E-state index in [2.05, 4.69) is 16.7 Å². The Morgan fingerprint density at radius 2 is 2.67 bits per heavy atom. The lowest BCUT2D eigenvalue weighted by Gasteiger charge is -1.92. The third-order valence-electron chi connectivity index (χ3n) is 1.57. The highest BCUT2D eigenvalue weighted by molar-refractivity contribution is 5.09. The van der Waals surface area contributed by atoms with Crippen molar-refractivity contribution in [2.75, 3.05) is 26.7 Å². The van der Waals surface area contributed by atoms with Gasteiger partial charge in [-0.25, -0.2) is 0 Å². The number of rotatable bonds is 2. The van der Waals surface area contributed by atoms with E-state index in [1.165, 1.54) is 6.42 Å². The van der Waals surface area contributed by atoms with Gasteiger partial charge in [-0.1, -0.05) is 11.6 Å². The minimum atomic E-state index is 1.01. The first-order chi connectivity index (χ1) is 4.43. The predicted molar refractivity (Wildman–Crippen MR) is 39.5 cm³/mol. The monoisotopic (exact) mass is 126 g/mol. The molecule has 1 saturated heterocycles. The van der Waals surface area contributed by atoms with Crippen LogP contribution < -0.4 is 10.6 Å². The second-order valence-electron chi connectivity index (χ2n) is 2.35. The van der Waals surface area contributed by atoms with E-state index in [1.807, 2.05) is 7.05 Å². The van der Waals surface area contributed by atoms with Gasteiger partial charge in [0.2, 0.25) is 0 Å². The lowest BCUT2D eigenvalue weighted by atomic mass is 10.2. The molecule has 0 radical (unpaired) electrons. The standard InChI is InChI=1S/C7H14N2/c1-8-4-2-7-3-5-9-6-7/h2,8-9H,3-6H2,1H3. The van der Waals surface area contributed by atoms with E-state index in [-0.39, 0.29) is 0 Å². The molecule has 9 heavy (non-hydrogen) atoms. The fourth-order valence-corrected chi connectivity index (χ4v) is 1.01. The smallest absolute Gasteiger partial charge is 0.0165 e. The number of likely N-dealkylation sites (N-methyl/N-ethyl adjacent to an activating group) is 1. The van der Waals surface area contributed by atoms with Crippen LogP contribution in [0.5, 0.6) is 0 Å². The van der Waals surface area contributed by atoms with Crippen molar-refractivity contribution >= 4 is 0 Å². The quantitative estimate of drug-likeness (QED) is 0.514. The molecule has 1 heterocycles. The maximum absolute atomic E-state index is 3.29. The van der Waals surface area contributed by atoms with Gasteiger partial charge in [0.1, 0.15) is 0 Å². The Balaban J connectivity index is 2.22. The van der Waals surface area contributed by atoms with Crippen LogP contribution in [-0.4, -0.2) is 26.7 Å². The summed E-state index contributed by atoms with van der Waals surface area (Å²) < 4.78 is 0. The summed E-state index contributed by atoms with van der Waals surface area (Å²) in [5.74, 6) is 0. The van der Waals surface area contributed by atoms with E-state index >= 15 is 0 Å². The summed E-state index contributed by atoms with van der Waals surface area (Å²) in [6.07, 6.45) is 3.50. The highest BCUT2D eigenvalue weighted by Gasteiger charge is 2.02. The first-order valence-corrected chi connectivity index (χ1v) is 3.46. The largest absolute Gasteiger partial charge is 0.316 e. The van der Waals surface area contributed by atoms with Gasteiger partial charge in [-0.3, -0.25) is 0 Å². The molecule has 0 bridgehead atoms. The van der Waals surface area contributed by atoms with E-state index in [1.54, 1.807) is 5.57 Å². The number of hydrogen-bond donors (Lipinski definition) is 2. The molecule has 0 aliphatic carbocycles. The maximum Gasteiger partial charge on any atom is 0.0165 e. The van der Waals surface area contributed by atoms with Gasteiger partial charge in [0.15, 0.2) is 0 Å². The van der Waals surface area contributed by atoms with Crippen LogP contribution in [0.4, 0.5) is 0 Å². The molecule has 0 unspecified atom stereocenters. The van der Waals surface area contributed by atoms with Crippen LogP contribution in [0.2, 0.25) is 0 Å². The molecule has 0 atom stereocenters. The second-order valence-corrected chi connectivity index (χ2v) is 2.35. The molecular formula is C7H14N2. The molecule has 0 spiro atoms. The fourth-order valence-electron chi connectivity index (χ4n) is 1.01. The minimum Gasteiger partial charge on any atom is -0.316 e. The fraction of sp³-hybridized carbons (Fsp3) is 0.714. The zero-order chi connectivity index (χ0) is 6.53. The molecule has 0 aromatic rings. The Kier molecular flexibility index (Phi) is 2.74. The van der Waals surface area contributed by atoms with Crippen molar-refractivity contribution in [3.63, 3.8) is 0 Å². The lowest BCUT2D eigenvalue weighted by Crippen LogP contribution is -2.07. The van der Waals surface area contributed by atoms with Crippen molar-refractivity contribution in [3.8, 4) is 0 Å². The van der Waals surface area contributed by atoms with Gasteiger partial charge in [-0.2, -0.15) is 0 Å². The summed E-state index contributed by atoms with van der Waals surface area (Å²) in [5, 5.41) is 6.38. The first-order valence-electron chi connectivity index (χ1n) is 3.46. The zero-order valence-corrected chi connectivity index (χ0v) is 5.91. The SMILES string of the molecule is CNCC=C1CCNC1. The highest BCUT2D eigenvalue weighted by atomic mass is 14.9. The summed E-state index contributed by atoms with van der Waals surface area (Å²) in [6.45, 7) is 3.27. The lowest BCUT2D eigenvalue weighted by molar-refractivity contribution is 0.862. The normalized spacial score (nSPS) is 23.4. The predicted octanol–water partition coefficient (Wildman–Crippen LogP) is 0.125. The summed E-state index contributed by atoms with van der Waals surface area (Å²) in [6, 6.07) is 0. The number of hydrogen-bond acceptors (Lipinski definition) is 2. The van der Waals surface area contributed by atoms with Gasteiger partial charge in [0.25, 0.3) is 0 Å². The van der Waals surface area contributed by atoms with Crippen LogP contribution in [0, 0.1) is 0 Å². The van der Waals surface area contributed by atoms with Crippen molar-refractivity contribution in [1.29, 1.82) is 0 Å². The second kappa shape index (κ2) is 3.64. The van der Waals surface area contributed by atoms with Crippen LogP contribution in [0.3, 0.4) is 0 Å². The van der Waals surface area contributed by atoms with Gasteiger partial charge in [-0.05, 0) is 20.0 Å². The summed E-state index contributed by atoms with van der Waals surface area (Å²) in [7, 11) is 1.97. The van der Waals surface area contributed by atoms with Gasteiger partial charge < -0.3 is 10.6 Å². The summed E-state index contributed by atoms with van der Waals surface area (Å²) >= 11 is 0. The van der Waals surface area contributed by atoms with E-state index in [0.29, 0.717) is 0 Å². The van der Waals surface area contributed by atoms with Gasteiger partial charge in [-0.15, -0.1) is 0 Å². The molecule has 2 N–H and O–H groups in total. The minimum absolute atomic E-state index is 1.01. The molecule has 0 aromatic carbocycles. The van der Waals surface area contributed by atoms with Crippen molar-refractivity contribution in [2.24, 2.45) is 0 Å². The molecule has 1 aliphatic heterocycles. The molecule has 0 amide bonds. The van der Waals surface area contributed by atoms with E-state index in [9.17, 15) is 0 Å². The Morgan fingerprint density at radius 1 is 1.78 bits per heavy atom.